The van der Waals surface area contributed by atoms with Crippen LogP contribution in [0, 0.1) is 30.3 Å². The molecule has 9 aromatic rings. The highest BCUT2D eigenvalue weighted by Crippen LogP contribution is 2.40. The lowest BCUT2D eigenvalue weighted by Crippen LogP contribution is -2.55. The SMILES string of the molecule is C.C.C.Cn1c(=O)c([N+](=O)[O-])c(N2CCN(C(=O)C3CCCCN3)CC2)c2ccccc21.O=C(c1ccco1)N1CCN(c2c([N+](=O)[O-])c(=O)n(C3CCCC3)c3ccccc23)CC1.O=C(c1ccco1)N1CCN(c2c([N+](=O)[O-])c(=O)n(Cc3ccncc3)c3ccccc23)CC1. The number of pyridine rings is 4. The summed E-state index contributed by atoms with van der Waals surface area (Å²) in [7, 11) is 1.55. The van der Waals surface area contributed by atoms with Crippen LogP contribution in [0.3, 0.4) is 0 Å². The number of carbonyl (C=O) groups excluding carboxylic acids is 3. The number of rotatable bonds is 12. The second kappa shape index (κ2) is 31.2. The Morgan fingerprint density at radius 3 is 1.38 bits per heavy atom. The molecule has 516 valence electrons. The standard InChI is InChI=1S/C24H21N5O5.C23H24N4O5.C20H25N5O4.3CH4/c30-23(20-6-3-15-34-20)27-13-11-26(12-14-27)21-18-4-1-2-5-19(18)28(24(31)22(21)29(32)33)16-17-7-9-25-10-8-17;28-22(19-10-5-15-32-19)25-13-11-24(12-14-25)20-17-8-3-4-9-18(17)26(16-6-1-2-7-16)23(29)21(20)27(30)31;1-22-16-8-3-2-6-14(16)17(18(20(22)27)25(28)29)23-10-12-24(13-11-23)19(26)15-7-4-5-9-21-15;;;/h1-10,15H,11-14,16H2;3-5,8-10,15-16H,1-2,6-7,11-14H2;2-3,6,8,15,21H,4-5,7,9-13H2,1H3;3*1H4. The minimum Gasteiger partial charge on any atom is -0.459 e. The Morgan fingerprint density at radius 1 is 0.500 bits per heavy atom. The number of nitro groups is 3. The molecule has 4 saturated heterocycles. The molecule has 0 spiro atoms. The van der Waals surface area contributed by atoms with E-state index in [1.165, 1.54) is 21.7 Å². The Labute approximate surface area is 564 Å². The molecule has 0 bridgehead atoms. The third-order valence-corrected chi connectivity index (χ3v) is 18.5. The summed E-state index contributed by atoms with van der Waals surface area (Å²) in [6.45, 7) is 5.90. The number of piperazine rings is 3. The number of benzene rings is 3. The number of aryl methyl sites for hydroxylation is 1. The van der Waals surface area contributed by atoms with Crippen LogP contribution in [0.15, 0.2) is 157 Å². The first-order valence-electron chi connectivity index (χ1n) is 31.8. The van der Waals surface area contributed by atoms with Gasteiger partial charge in [0.25, 0.3) is 11.8 Å². The Kier molecular flexibility index (Phi) is 22.7. The maximum Gasteiger partial charge on any atom is 0.357 e. The van der Waals surface area contributed by atoms with Crippen molar-refractivity contribution >= 4 is 84.6 Å². The number of furan rings is 2. The Hall–Kier alpha value is -11.0. The molecule has 28 heteroatoms. The van der Waals surface area contributed by atoms with Crippen molar-refractivity contribution in [3.05, 3.63) is 213 Å². The zero-order valence-electron chi connectivity index (χ0n) is 52.2. The third kappa shape index (κ3) is 14.3. The summed E-state index contributed by atoms with van der Waals surface area (Å²) in [6.07, 6.45) is 12.9. The van der Waals surface area contributed by atoms with Crippen LogP contribution in [0.1, 0.15) is 99.9 Å². The smallest absolute Gasteiger partial charge is 0.357 e. The van der Waals surface area contributed by atoms with E-state index in [4.69, 9.17) is 8.83 Å². The van der Waals surface area contributed by atoms with Crippen molar-refractivity contribution in [3.63, 3.8) is 0 Å². The van der Waals surface area contributed by atoms with Crippen molar-refractivity contribution < 1.29 is 38.0 Å². The van der Waals surface area contributed by atoms with Crippen LogP contribution >= 0.6 is 0 Å². The Bertz CT molecular complexity index is 4540. The number of carbonyl (C=O) groups is 3. The van der Waals surface area contributed by atoms with Crippen LogP contribution in [0.25, 0.3) is 32.7 Å². The van der Waals surface area contributed by atoms with Crippen LogP contribution in [0.4, 0.5) is 34.1 Å². The van der Waals surface area contributed by atoms with Crippen LogP contribution in [0.2, 0.25) is 0 Å². The van der Waals surface area contributed by atoms with Gasteiger partial charge in [0, 0.05) is 120 Å². The van der Waals surface area contributed by atoms with Crippen LogP contribution in [-0.4, -0.2) is 157 Å². The highest BCUT2D eigenvalue weighted by atomic mass is 16.6. The van der Waals surface area contributed by atoms with E-state index in [0.717, 1.165) is 62.6 Å². The van der Waals surface area contributed by atoms with Gasteiger partial charge in [-0.3, -0.25) is 73.2 Å². The van der Waals surface area contributed by atoms with E-state index in [9.17, 15) is 59.1 Å². The van der Waals surface area contributed by atoms with Gasteiger partial charge < -0.3 is 48.1 Å². The second-order valence-corrected chi connectivity index (χ2v) is 24.0. The lowest BCUT2D eigenvalue weighted by atomic mass is 10.0. The quantitative estimate of drug-likeness (QED) is 0.0878. The summed E-state index contributed by atoms with van der Waals surface area (Å²) in [5.74, 6) is 0.202. The molecule has 1 saturated carbocycles. The average Bonchev–Trinajstić information content (AvgIpc) is 0.834. The van der Waals surface area contributed by atoms with Gasteiger partial charge >= 0.3 is 33.7 Å². The predicted molar refractivity (Wildman–Crippen MR) is 375 cm³/mol. The molecule has 5 aliphatic rings. The average molecular weight is 1340 g/mol. The molecule has 28 nitrogen and oxygen atoms in total. The van der Waals surface area contributed by atoms with E-state index in [1.54, 1.807) is 107 Å². The van der Waals surface area contributed by atoms with E-state index in [1.807, 2.05) is 56.0 Å². The number of para-hydroxylation sites is 3. The number of piperidine rings is 1. The summed E-state index contributed by atoms with van der Waals surface area (Å²) in [6, 6.07) is 31.8. The van der Waals surface area contributed by atoms with Crippen LogP contribution in [0.5, 0.6) is 0 Å². The summed E-state index contributed by atoms with van der Waals surface area (Å²) >= 11 is 0. The Morgan fingerprint density at radius 2 is 0.918 bits per heavy atom. The summed E-state index contributed by atoms with van der Waals surface area (Å²) < 4.78 is 14.8. The minimum absolute atomic E-state index is 0. The molecule has 6 aromatic heterocycles. The second-order valence-electron chi connectivity index (χ2n) is 24.0. The summed E-state index contributed by atoms with van der Waals surface area (Å²) in [5.41, 5.74) is 0.770. The fourth-order valence-corrected chi connectivity index (χ4v) is 13.8. The van der Waals surface area contributed by atoms with Gasteiger partial charge in [0.15, 0.2) is 11.5 Å². The van der Waals surface area contributed by atoms with Crippen molar-refractivity contribution in [3.8, 4) is 0 Å². The van der Waals surface area contributed by atoms with Crippen molar-refractivity contribution in [1.29, 1.82) is 0 Å². The maximum absolute atomic E-state index is 13.4. The van der Waals surface area contributed by atoms with Gasteiger partial charge in [0.05, 0.1) is 56.4 Å². The van der Waals surface area contributed by atoms with Crippen LogP contribution in [-0.2, 0) is 18.4 Å². The number of amides is 3. The molecule has 1 aliphatic carbocycles. The summed E-state index contributed by atoms with van der Waals surface area (Å²) in [5, 5.41) is 41.3. The zero-order chi connectivity index (χ0) is 66.4. The highest BCUT2D eigenvalue weighted by Gasteiger charge is 2.38. The zero-order valence-corrected chi connectivity index (χ0v) is 52.2. The van der Waals surface area contributed by atoms with E-state index in [-0.39, 0.29) is 75.8 Å². The minimum atomic E-state index is -0.662. The molecule has 14 rings (SSSR count). The van der Waals surface area contributed by atoms with Crippen molar-refractivity contribution in [2.24, 2.45) is 7.05 Å². The van der Waals surface area contributed by atoms with Crippen molar-refractivity contribution in [2.45, 2.75) is 85.9 Å². The number of nitrogens with zero attached hydrogens (tertiary/aromatic N) is 13. The number of fused-ring (bicyclic) bond motifs is 3. The first-order chi connectivity index (χ1) is 46.1. The lowest BCUT2D eigenvalue weighted by Gasteiger charge is -2.38. The molecule has 10 heterocycles. The number of nitrogens with one attached hydrogen (secondary N) is 1. The molecule has 98 heavy (non-hydrogen) atoms. The largest absolute Gasteiger partial charge is 0.459 e. The number of anilines is 3. The monoisotopic (exact) mass is 1340 g/mol. The molecule has 1 atom stereocenters. The van der Waals surface area contributed by atoms with E-state index in [2.05, 4.69) is 10.3 Å². The van der Waals surface area contributed by atoms with Gasteiger partial charge in [-0.2, -0.15) is 0 Å². The maximum atomic E-state index is 13.4. The first kappa shape index (κ1) is 71.3. The van der Waals surface area contributed by atoms with E-state index < -0.39 is 42.8 Å². The van der Waals surface area contributed by atoms with Gasteiger partial charge in [0.2, 0.25) is 5.91 Å². The molecule has 4 aliphatic heterocycles. The summed E-state index contributed by atoms with van der Waals surface area (Å²) in [4.78, 5) is 126. The van der Waals surface area contributed by atoms with Gasteiger partial charge in [-0.1, -0.05) is 96.1 Å². The number of aromatic nitrogens is 4. The molecular weight excluding hydrogens is 1260 g/mol. The van der Waals surface area contributed by atoms with E-state index >= 15 is 0 Å². The fourth-order valence-electron chi connectivity index (χ4n) is 13.8. The molecule has 3 aromatic carbocycles. The van der Waals surface area contributed by atoms with E-state index in [0.29, 0.717) is 123 Å². The third-order valence-electron chi connectivity index (χ3n) is 18.5. The normalized spacial score (nSPS) is 16.4. The fraction of sp³-hybridized carbons (Fsp3) is 0.386. The van der Waals surface area contributed by atoms with Gasteiger partial charge in [-0.05, 0) is 92.4 Å². The van der Waals surface area contributed by atoms with Gasteiger partial charge in [-0.25, -0.2) is 0 Å². The van der Waals surface area contributed by atoms with Crippen molar-refractivity contribution in [1.82, 2.24) is 38.7 Å². The van der Waals surface area contributed by atoms with Crippen molar-refractivity contribution in [2.75, 3.05) is 99.8 Å². The Balaban J connectivity index is 0.000000170. The van der Waals surface area contributed by atoms with Crippen LogP contribution < -0.4 is 36.7 Å². The van der Waals surface area contributed by atoms with Gasteiger partial charge in [0.1, 0.15) is 17.1 Å². The first-order valence-corrected chi connectivity index (χ1v) is 31.8. The topological polar surface area (TPSA) is 317 Å². The molecule has 3 amide bonds. The lowest BCUT2D eigenvalue weighted by molar-refractivity contribution is -0.385. The predicted octanol–water partition coefficient (Wildman–Crippen LogP) is 9.63. The molecule has 5 fully saturated rings. The van der Waals surface area contributed by atoms with Gasteiger partial charge in [-0.15, -0.1) is 0 Å². The number of hydrogen-bond donors (Lipinski definition) is 1. The number of hydrogen-bond acceptors (Lipinski definition) is 19. The molecule has 0 radical (unpaired) electrons. The molecule has 1 unspecified atom stereocenters. The highest BCUT2D eigenvalue weighted by molar-refractivity contribution is 6.00. The molecule has 1 N–H and O–H groups in total. The molecular formula is C70H82N14O14.